The van der Waals surface area contributed by atoms with Crippen LogP contribution in [0.3, 0.4) is 0 Å². The van der Waals surface area contributed by atoms with Crippen LogP contribution in [0.15, 0.2) is 52.5 Å². The Morgan fingerprint density at radius 2 is 1.77 bits per heavy atom. The summed E-state index contributed by atoms with van der Waals surface area (Å²) in [4.78, 5) is 0.0229. The minimum absolute atomic E-state index is 0.0229. The van der Waals surface area contributed by atoms with E-state index in [2.05, 4.69) is 5.16 Å². The Kier molecular flexibility index (Phi) is 4.37. The van der Waals surface area contributed by atoms with Crippen molar-refractivity contribution in [1.82, 2.24) is 0 Å². The Balaban J connectivity index is 2.30. The van der Waals surface area contributed by atoms with Gasteiger partial charge in [0.1, 0.15) is 16.4 Å². The molecule has 0 fully saturated rings. The molecule has 6 nitrogen and oxygen atoms in total. The number of oxime groups is 1. The Bertz CT molecular complexity index is 810. The molecule has 0 spiro atoms. The number of benzene rings is 2. The summed E-state index contributed by atoms with van der Waals surface area (Å²) in [5.74, 6) is -0.278. The van der Waals surface area contributed by atoms with Crippen LogP contribution in [0, 0.1) is 6.92 Å². The molecule has 0 aromatic heterocycles. The van der Waals surface area contributed by atoms with E-state index in [0.29, 0.717) is 0 Å². The van der Waals surface area contributed by atoms with Crippen molar-refractivity contribution in [2.45, 2.75) is 18.7 Å². The molecule has 22 heavy (non-hydrogen) atoms. The number of hydrogen-bond donors (Lipinski definition) is 2. The minimum Gasteiger partial charge on any atom is -0.507 e. The highest BCUT2D eigenvalue weighted by Gasteiger charge is 2.17. The molecule has 0 heterocycles. The summed E-state index contributed by atoms with van der Waals surface area (Å²) in [6, 6.07) is 10.1. The quantitative estimate of drug-likeness (QED) is 0.390. The van der Waals surface area contributed by atoms with Gasteiger partial charge in [0.15, 0.2) is 0 Å². The summed E-state index contributed by atoms with van der Waals surface area (Å²) in [6.45, 7) is 3.34. The van der Waals surface area contributed by atoms with E-state index < -0.39 is 10.1 Å². The highest BCUT2D eigenvalue weighted by atomic mass is 32.2. The van der Waals surface area contributed by atoms with Gasteiger partial charge in [0, 0.05) is 11.6 Å². The van der Waals surface area contributed by atoms with Crippen LogP contribution < -0.4 is 4.18 Å². The summed E-state index contributed by atoms with van der Waals surface area (Å²) in [5, 5.41) is 21.5. The maximum atomic E-state index is 12.1. The number of phenolic OH excluding ortho intramolecular Hbond substituents is 1. The molecule has 2 aromatic carbocycles. The van der Waals surface area contributed by atoms with E-state index in [9.17, 15) is 13.5 Å². The lowest BCUT2D eigenvalue weighted by Crippen LogP contribution is -2.09. The summed E-state index contributed by atoms with van der Waals surface area (Å²) in [5.41, 5.74) is 1.41. The van der Waals surface area contributed by atoms with Crippen molar-refractivity contribution < 1.29 is 22.9 Å². The second-order valence-corrected chi connectivity index (χ2v) is 6.26. The second kappa shape index (κ2) is 6.07. The summed E-state index contributed by atoms with van der Waals surface area (Å²) in [6.07, 6.45) is 0. The Morgan fingerprint density at radius 1 is 1.14 bits per heavy atom. The van der Waals surface area contributed by atoms with Crippen molar-refractivity contribution in [2.24, 2.45) is 5.16 Å². The van der Waals surface area contributed by atoms with Crippen LogP contribution in [-0.2, 0) is 10.1 Å². The molecule has 2 aromatic rings. The predicted molar refractivity (Wildman–Crippen MR) is 81.1 cm³/mol. The smallest absolute Gasteiger partial charge is 0.339 e. The Morgan fingerprint density at radius 3 is 2.32 bits per heavy atom. The van der Waals surface area contributed by atoms with E-state index in [-0.39, 0.29) is 27.7 Å². The molecule has 2 rings (SSSR count). The van der Waals surface area contributed by atoms with Gasteiger partial charge in [0.2, 0.25) is 0 Å². The zero-order valence-corrected chi connectivity index (χ0v) is 12.8. The molecular weight excluding hydrogens is 306 g/mol. The van der Waals surface area contributed by atoms with Crippen molar-refractivity contribution >= 4 is 15.8 Å². The first kappa shape index (κ1) is 15.8. The highest BCUT2D eigenvalue weighted by molar-refractivity contribution is 7.87. The predicted octanol–water partition coefficient (Wildman–Crippen LogP) is 2.67. The van der Waals surface area contributed by atoms with Crippen LogP contribution in [0.1, 0.15) is 18.1 Å². The number of aryl methyl sites for hydroxylation is 1. The fraction of sp³-hybridized carbons (Fsp3) is 0.133. The molecule has 7 heteroatoms. The zero-order valence-electron chi connectivity index (χ0n) is 12.0. The molecule has 0 saturated heterocycles. The lowest BCUT2D eigenvalue weighted by Gasteiger charge is -2.09. The molecule has 0 atom stereocenters. The lowest BCUT2D eigenvalue weighted by atomic mass is 10.1. The van der Waals surface area contributed by atoms with Crippen molar-refractivity contribution in [2.75, 3.05) is 0 Å². The molecule has 0 aliphatic heterocycles. The van der Waals surface area contributed by atoms with Gasteiger partial charge in [0.05, 0.1) is 5.71 Å². The van der Waals surface area contributed by atoms with E-state index in [0.717, 1.165) is 11.6 Å². The number of hydrogen-bond acceptors (Lipinski definition) is 6. The summed E-state index contributed by atoms with van der Waals surface area (Å²) < 4.78 is 29.2. The molecule has 0 aliphatic rings. The maximum Gasteiger partial charge on any atom is 0.339 e. The van der Waals surface area contributed by atoms with Crippen molar-refractivity contribution in [3.05, 3.63) is 53.6 Å². The molecule has 116 valence electrons. The third-order valence-corrected chi connectivity index (χ3v) is 4.29. The van der Waals surface area contributed by atoms with E-state index in [1.807, 2.05) is 6.92 Å². The van der Waals surface area contributed by atoms with E-state index in [1.165, 1.54) is 31.2 Å². The largest absolute Gasteiger partial charge is 0.507 e. The molecular formula is C15H15NO5S. The fourth-order valence-electron chi connectivity index (χ4n) is 1.80. The Hall–Kier alpha value is -2.54. The third-order valence-electron chi connectivity index (χ3n) is 3.02. The number of phenols is 1. The fourth-order valence-corrected chi connectivity index (χ4v) is 2.73. The number of aromatic hydroxyl groups is 1. The SMILES string of the molecule is CC(=NO)c1ccc(OS(=O)(=O)c2ccc(C)cc2)cc1O. The molecule has 0 amide bonds. The molecule has 0 aliphatic carbocycles. The Labute approximate surface area is 128 Å². The van der Waals surface area contributed by atoms with Crippen LogP contribution >= 0.6 is 0 Å². The first-order chi connectivity index (χ1) is 10.3. The van der Waals surface area contributed by atoms with Gasteiger partial charge in [0.25, 0.3) is 0 Å². The van der Waals surface area contributed by atoms with Crippen molar-refractivity contribution in [3.63, 3.8) is 0 Å². The first-order valence-corrected chi connectivity index (χ1v) is 7.77. The van der Waals surface area contributed by atoms with Crippen molar-refractivity contribution in [1.29, 1.82) is 0 Å². The van der Waals surface area contributed by atoms with Gasteiger partial charge in [-0.2, -0.15) is 8.42 Å². The van der Waals surface area contributed by atoms with Crippen LogP contribution in [-0.4, -0.2) is 24.4 Å². The summed E-state index contributed by atoms with van der Waals surface area (Å²) >= 11 is 0. The van der Waals surface area contributed by atoms with Gasteiger partial charge in [-0.3, -0.25) is 0 Å². The summed E-state index contributed by atoms with van der Waals surface area (Å²) in [7, 11) is -3.98. The number of nitrogens with zero attached hydrogens (tertiary/aromatic N) is 1. The van der Waals surface area contributed by atoms with E-state index in [1.54, 1.807) is 12.1 Å². The molecule has 0 saturated carbocycles. The van der Waals surface area contributed by atoms with Gasteiger partial charge < -0.3 is 14.5 Å². The minimum atomic E-state index is -3.98. The maximum absolute atomic E-state index is 12.1. The average molecular weight is 321 g/mol. The molecule has 0 radical (unpaired) electrons. The third kappa shape index (κ3) is 3.37. The lowest BCUT2D eigenvalue weighted by molar-refractivity contribution is 0.318. The zero-order chi connectivity index (χ0) is 16.3. The molecule has 2 N–H and O–H groups in total. The monoisotopic (exact) mass is 321 g/mol. The van der Waals surface area contributed by atoms with Crippen LogP contribution in [0.4, 0.5) is 0 Å². The highest BCUT2D eigenvalue weighted by Crippen LogP contribution is 2.26. The standard InChI is InChI=1S/C15H15NO5S/c1-10-3-6-13(7-4-10)22(19,20)21-12-5-8-14(11(2)16-18)15(17)9-12/h3-9,17-18H,1-2H3. The van der Waals surface area contributed by atoms with Gasteiger partial charge >= 0.3 is 10.1 Å². The molecule has 0 unspecified atom stereocenters. The first-order valence-electron chi connectivity index (χ1n) is 6.36. The molecule has 0 bridgehead atoms. The van der Waals surface area contributed by atoms with E-state index >= 15 is 0 Å². The van der Waals surface area contributed by atoms with Crippen LogP contribution in [0.25, 0.3) is 0 Å². The van der Waals surface area contributed by atoms with Crippen LogP contribution in [0.5, 0.6) is 11.5 Å². The van der Waals surface area contributed by atoms with Crippen molar-refractivity contribution in [3.8, 4) is 11.5 Å². The van der Waals surface area contributed by atoms with Gasteiger partial charge in [-0.25, -0.2) is 0 Å². The number of rotatable bonds is 4. The second-order valence-electron chi connectivity index (χ2n) is 4.71. The van der Waals surface area contributed by atoms with Gasteiger partial charge in [-0.15, -0.1) is 0 Å². The topological polar surface area (TPSA) is 96.2 Å². The van der Waals surface area contributed by atoms with E-state index in [4.69, 9.17) is 9.39 Å². The van der Waals surface area contributed by atoms with Gasteiger partial charge in [-0.1, -0.05) is 22.9 Å². The van der Waals surface area contributed by atoms with Crippen LogP contribution in [0.2, 0.25) is 0 Å². The van der Waals surface area contributed by atoms with Gasteiger partial charge in [-0.05, 0) is 38.1 Å². The average Bonchev–Trinajstić information content (AvgIpc) is 2.46. The normalized spacial score (nSPS) is 12.2.